The minimum absolute atomic E-state index is 0. The summed E-state index contributed by atoms with van der Waals surface area (Å²) in [5.41, 5.74) is 3.44. The number of carbonyl (C=O) groups excluding carboxylic acids is 1. The van der Waals surface area contributed by atoms with Crippen molar-refractivity contribution in [2.45, 2.75) is 39.0 Å². The molecule has 2 aromatic carbocycles. The van der Waals surface area contributed by atoms with Crippen LogP contribution in [0.5, 0.6) is 5.75 Å². The monoisotopic (exact) mass is 404 g/mol. The third-order valence-electron chi connectivity index (χ3n) is 4.68. The van der Waals surface area contributed by atoms with Crippen molar-refractivity contribution < 1.29 is 14.3 Å². The zero-order valence-corrected chi connectivity index (χ0v) is 17.3. The lowest BCUT2D eigenvalue weighted by Gasteiger charge is -2.24. The number of benzene rings is 2. The first-order valence-corrected chi connectivity index (χ1v) is 9.49. The Morgan fingerprint density at radius 3 is 2.75 bits per heavy atom. The van der Waals surface area contributed by atoms with Gasteiger partial charge in [0.25, 0.3) is 0 Å². The molecule has 1 amide bonds. The van der Waals surface area contributed by atoms with Crippen LogP contribution >= 0.6 is 12.4 Å². The molecule has 0 bridgehead atoms. The Balaban J connectivity index is 0.00000280. The Kier molecular flexibility index (Phi) is 8.77. The van der Waals surface area contributed by atoms with Gasteiger partial charge in [-0.25, -0.2) is 0 Å². The number of hydrogen-bond donors (Lipinski definition) is 2. The number of carbonyl (C=O) groups is 1. The number of morpholine rings is 1. The summed E-state index contributed by atoms with van der Waals surface area (Å²) in [5, 5.41) is 6.35. The highest BCUT2D eigenvalue weighted by Gasteiger charge is 2.18. The smallest absolute Gasteiger partial charge is 0.222 e. The van der Waals surface area contributed by atoms with Crippen LogP contribution in [-0.4, -0.2) is 31.7 Å². The van der Waals surface area contributed by atoms with Crippen LogP contribution in [0.25, 0.3) is 0 Å². The van der Waals surface area contributed by atoms with Crippen LogP contribution in [0, 0.1) is 6.92 Å². The number of nitrogens with one attached hydrogen (secondary N) is 2. The van der Waals surface area contributed by atoms with E-state index in [2.05, 4.69) is 35.8 Å². The second kappa shape index (κ2) is 11.1. The fourth-order valence-corrected chi connectivity index (χ4v) is 3.18. The molecule has 1 aliphatic rings. The van der Waals surface area contributed by atoms with Crippen molar-refractivity contribution in [2.75, 3.05) is 19.8 Å². The van der Waals surface area contributed by atoms with E-state index in [0.717, 1.165) is 23.4 Å². The second-order valence-corrected chi connectivity index (χ2v) is 7.07. The van der Waals surface area contributed by atoms with Crippen LogP contribution in [0.4, 0.5) is 0 Å². The summed E-state index contributed by atoms with van der Waals surface area (Å²) < 4.78 is 11.2. The summed E-state index contributed by atoms with van der Waals surface area (Å²) >= 11 is 0. The van der Waals surface area contributed by atoms with Crippen LogP contribution in [0.2, 0.25) is 0 Å². The fraction of sp³-hybridized carbons (Fsp3) is 0.409. The molecule has 2 unspecified atom stereocenters. The third kappa shape index (κ3) is 6.82. The SMILES string of the molecule is Cc1cccc(COc2ccc(C(C)NC(=O)CC3COCCN3)cc2)c1.Cl. The van der Waals surface area contributed by atoms with Crippen molar-refractivity contribution >= 4 is 18.3 Å². The van der Waals surface area contributed by atoms with E-state index in [4.69, 9.17) is 9.47 Å². The first kappa shape index (κ1) is 22.2. The molecule has 0 aromatic heterocycles. The van der Waals surface area contributed by atoms with Crippen molar-refractivity contribution in [3.05, 3.63) is 65.2 Å². The van der Waals surface area contributed by atoms with E-state index in [9.17, 15) is 4.79 Å². The lowest BCUT2D eigenvalue weighted by atomic mass is 10.1. The minimum atomic E-state index is -0.0483. The van der Waals surface area contributed by atoms with Gasteiger partial charge in [0.15, 0.2) is 0 Å². The largest absolute Gasteiger partial charge is 0.489 e. The number of amides is 1. The van der Waals surface area contributed by atoms with Gasteiger partial charge < -0.3 is 20.1 Å². The maximum Gasteiger partial charge on any atom is 0.222 e. The van der Waals surface area contributed by atoms with E-state index in [1.165, 1.54) is 5.56 Å². The second-order valence-electron chi connectivity index (χ2n) is 7.07. The van der Waals surface area contributed by atoms with Crippen LogP contribution in [0.1, 0.15) is 36.1 Å². The van der Waals surface area contributed by atoms with Crippen molar-refractivity contribution in [2.24, 2.45) is 0 Å². The quantitative estimate of drug-likeness (QED) is 0.740. The Labute approximate surface area is 173 Å². The van der Waals surface area contributed by atoms with E-state index in [1.807, 2.05) is 37.3 Å². The lowest BCUT2D eigenvalue weighted by molar-refractivity contribution is -0.122. The molecule has 5 nitrogen and oxygen atoms in total. The average molecular weight is 405 g/mol. The fourth-order valence-electron chi connectivity index (χ4n) is 3.18. The highest BCUT2D eigenvalue weighted by Crippen LogP contribution is 2.19. The van der Waals surface area contributed by atoms with E-state index in [1.54, 1.807) is 0 Å². The minimum Gasteiger partial charge on any atom is -0.489 e. The molecule has 1 aliphatic heterocycles. The summed E-state index contributed by atoms with van der Waals surface area (Å²) in [6, 6.07) is 16.2. The normalized spacial score (nSPS) is 17.3. The molecule has 1 heterocycles. The Morgan fingerprint density at radius 2 is 2.07 bits per heavy atom. The maximum atomic E-state index is 12.2. The van der Waals surface area contributed by atoms with E-state index >= 15 is 0 Å². The van der Waals surface area contributed by atoms with Gasteiger partial charge in [0.1, 0.15) is 12.4 Å². The molecule has 3 rings (SSSR count). The molecule has 0 radical (unpaired) electrons. The first-order valence-electron chi connectivity index (χ1n) is 9.49. The molecular formula is C22H29ClN2O3. The number of halogens is 1. The van der Waals surface area contributed by atoms with Gasteiger partial charge in [-0.05, 0) is 37.1 Å². The predicted molar refractivity (Wildman–Crippen MR) is 113 cm³/mol. The molecule has 1 saturated heterocycles. The molecule has 28 heavy (non-hydrogen) atoms. The molecule has 0 saturated carbocycles. The highest BCUT2D eigenvalue weighted by atomic mass is 35.5. The molecule has 2 aromatic rings. The Bertz CT molecular complexity index is 746. The average Bonchev–Trinajstić information content (AvgIpc) is 2.67. The molecule has 1 fully saturated rings. The van der Waals surface area contributed by atoms with Gasteiger partial charge in [-0.2, -0.15) is 0 Å². The van der Waals surface area contributed by atoms with Crippen molar-refractivity contribution in [3.8, 4) is 5.75 Å². The van der Waals surface area contributed by atoms with Crippen LogP contribution in [0.15, 0.2) is 48.5 Å². The van der Waals surface area contributed by atoms with Crippen LogP contribution in [-0.2, 0) is 16.1 Å². The summed E-state index contributed by atoms with van der Waals surface area (Å²) in [5.74, 6) is 0.854. The van der Waals surface area contributed by atoms with Gasteiger partial charge >= 0.3 is 0 Å². The Morgan fingerprint density at radius 1 is 1.29 bits per heavy atom. The third-order valence-corrected chi connectivity index (χ3v) is 4.68. The first-order chi connectivity index (χ1) is 13.1. The number of hydrogen-bond acceptors (Lipinski definition) is 4. The van der Waals surface area contributed by atoms with Crippen molar-refractivity contribution in [1.82, 2.24) is 10.6 Å². The maximum absolute atomic E-state index is 12.2. The van der Waals surface area contributed by atoms with Crippen LogP contribution < -0.4 is 15.4 Å². The predicted octanol–water partition coefficient (Wildman–Crippen LogP) is 3.55. The van der Waals surface area contributed by atoms with E-state index in [-0.39, 0.29) is 30.4 Å². The number of rotatable bonds is 7. The van der Waals surface area contributed by atoms with Gasteiger partial charge in [-0.1, -0.05) is 42.0 Å². The lowest BCUT2D eigenvalue weighted by Crippen LogP contribution is -2.44. The van der Waals surface area contributed by atoms with Crippen LogP contribution in [0.3, 0.4) is 0 Å². The summed E-state index contributed by atoms with van der Waals surface area (Å²) in [4.78, 5) is 12.2. The highest BCUT2D eigenvalue weighted by molar-refractivity contribution is 5.85. The van der Waals surface area contributed by atoms with Gasteiger partial charge in [0, 0.05) is 19.0 Å². The van der Waals surface area contributed by atoms with Crippen molar-refractivity contribution in [1.29, 1.82) is 0 Å². The molecule has 0 aliphatic carbocycles. The molecule has 2 atom stereocenters. The number of ether oxygens (including phenoxy) is 2. The molecular weight excluding hydrogens is 376 g/mol. The van der Waals surface area contributed by atoms with Gasteiger partial charge in [0.2, 0.25) is 5.91 Å². The molecule has 2 N–H and O–H groups in total. The van der Waals surface area contributed by atoms with Gasteiger partial charge in [-0.3, -0.25) is 4.79 Å². The zero-order valence-electron chi connectivity index (χ0n) is 16.4. The molecule has 0 spiro atoms. The van der Waals surface area contributed by atoms with E-state index in [0.29, 0.717) is 26.2 Å². The molecule has 6 heteroatoms. The van der Waals surface area contributed by atoms with Gasteiger partial charge in [0.05, 0.1) is 19.3 Å². The van der Waals surface area contributed by atoms with Crippen molar-refractivity contribution in [3.63, 3.8) is 0 Å². The summed E-state index contributed by atoms with van der Waals surface area (Å²) in [6.07, 6.45) is 0.433. The standard InChI is InChI=1S/C22H28N2O3.ClH/c1-16-4-3-5-18(12-16)14-27-21-8-6-19(7-9-21)17(2)24-22(25)13-20-15-26-11-10-23-20;/h3-9,12,17,20,23H,10-11,13-15H2,1-2H3,(H,24,25);1H. The summed E-state index contributed by atoms with van der Waals surface area (Å²) in [7, 11) is 0. The van der Waals surface area contributed by atoms with Gasteiger partial charge in [-0.15, -0.1) is 12.4 Å². The molecule has 152 valence electrons. The zero-order chi connectivity index (χ0) is 19.1. The summed E-state index contributed by atoms with van der Waals surface area (Å²) in [6.45, 7) is 6.72. The Hall–Kier alpha value is -2.08. The number of aryl methyl sites for hydroxylation is 1. The van der Waals surface area contributed by atoms with E-state index < -0.39 is 0 Å². The topological polar surface area (TPSA) is 59.6 Å².